The van der Waals surface area contributed by atoms with Crippen LogP contribution < -0.4 is 5.32 Å². The Morgan fingerprint density at radius 1 is 1.15 bits per heavy atom. The number of carbonyl (C=O) groups excluding carboxylic acids is 2. The summed E-state index contributed by atoms with van der Waals surface area (Å²) < 4.78 is 4.73. The molecular formula is C22H26N2O3. The molecule has 1 heterocycles. The lowest BCUT2D eigenvalue weighted by Crippen LogP contribution is -2.46. The molecule has 5 nitrogen and oxygen atoms in total. The lowest BCUT2D eigenvalue weighted by atomic mass is 9.90. The summed E-state index contributed by atoms with van der Waals surface area (Å²) in [5.74, 6) is -0.0236. The number of benzene rings is 2. The molecule has 0 radical (unpaired) electrons. The zero-order chi connectivity index (χ0) is 19.2. The number of anilines is 1. The number of hydrogen-bond acceptors (Lipinski definition) is 4. The van der Waals surface area contributed by atoms with Crippen LogP contribution in [0.4, 0.5) is 5.69 Å². The quantitative estimate of drug-likeness (QED) is 0.820. The van der Waals surface area contributed by atoms with Gasteiger partial charge in [0.05, 0.1) is 18.7 Å². The fraction of sp³-hybridized carbons (Fsp3) is 0.364. The Morgan fingerprint density at radius 2 is 1.93 bits per heavy atom. The van der Waals surface area contributed by atoms with Gasteiger partial charge in [-0.1, -0.05) is 36.4 Å². The first kappa shape index (κ1) is 19.1. The summed E-state index contributed by atoms with van der Waals surface area (Å²) in [5.41, 5.74) is 2.36. The second-order valence-corrected chi connectivity index (χ2v) is 6.98. The topological polar surface area (TPSA) is 58.6 Å². The molecule has 1 aliphatic heterocycles. The van der Waals surface area contributed by atoms with Crippen molar-refractivity contribution in [3.05, 3.63) is 65.7 Å². The Hall–Kier alpha value is -2.66. The molecule has 142 valence electrons. The van der Waals surface area contributed by atoms with E-state index in [2.05, 4.69) is 34.5 Å². The van der Waals surface area contributed by atoms with E-state index in [0.717, 1.165) is 25.9 Å². The molecule has 3 rings (SSSR count). The summed E-state index contributed by atoms with van der Waals surface area (Å²) >= 11 is 0. The van der Waals surface area contributed by atoms with Crippen molar-refractivity contribution >= 4 is 17.6 Å². The van der Waals surface area contributed by atoms with Crippen LogP contribution in [0, 0.1) is 0 Å². The molecule has 1 fully saturated rings. The fourth-order valence-electron chi connectivity index (χ4n) is 3.61. The maximum absolute atomic E-state index is 12.7. The minimum Gasteiger partial charge on any atom is -0.465 e. The van der Waals surface area contributed by atoms with Gasteiger partial charge in [0.25, 0.3) is 0 Å². The molecular weight excluding hydrogens is 340 g/mol. The number of amides is 1. The first-order chi connectivity index (χ1) is 13.1. The Kier molecular flexibility index (Phi) is 6.24. The van der Waals surface area contributed by atoms with E-state index in [4.69, 9.17) is 4.74 Å². The zero-order valence-corrected chi connectivity index (χ0v) is 15.9. The Morgan fingerprint density at radius 3 is 2.67 bits per heavy atom. The summed E-state index contributed by atoms with van der Waals surface area (Å²) in [6.45, 7) is 3.73. The van der Waals surface area contributed by atoms with Gasteiger partial charge in [0.2, 0.25) is 5.91 Å². The van der Waals surface area contributed by atoms with E-state index < -0.39 is 5.97 Å². The van der Waals surface area contributed by atoms with E-state index >= 15 is 0 Å². The molecule has 2 unspecified atom stereocenters. The van der Waals surface area contributed by atoms with Crippen molar-refractivity contribution in [2.75, 3.05) is 25.5 Å². The summed E-state index contributed by atoms with van der Waals surface area (Å²) in [4.78, 5) is 26.6. The van der Waals surface area contributed by atoms with Crippen molar-refractivity contribution in [2.24, 2.45) is 0 Å². The Bertz CT molecular complexity index is 791. The Labute approximate surface area is 160 Å². The highest BCUT2D eigenvalue weighted by molar-refractivity contribution is 5.96. The van der Waals surface area contributed by atoms with Gasteiger partial charge in [0.1, 0.15) is 0 Å². The molecule has 5 heteroatoms. The van der Waals surface area contributed by atoms with E-state index in [-0.39, 0.29) is 11.9 Å². The second kappa shape index (κ2) is 8.82. The zero-order valence-electron chi connectivity index (χ0n) is 15.9. The molecule has 0 aliphatic carbocycles. The molecule has 2 aromatic rings. The predicted octanol–water partition coefficient (Wildman–Crippen LogP) is 3.68. The van der Waals surface area contributed by atoms with Gasteiger partial charge in [0.15, 0.2) is 0 Å². The monoisotopic (exact) mass is 366 g/mol. The molecule has 0 aromatic heterocycles. The van der Waals surface area contributed by atoms with Crippen LogP contribution in [-0.2, 0) is 9.53 Å². The van der Waals surface area contributed by atoms with Crippen molar-refractivity contribution in [2.45, 2.75) is 31.7 Å². The number of nitrogens with zero attached hydrogens (tertiary/aromatic N) is 1. The Balaban J connectivity index is 1.64. The van der Waals surface area contributed by atoms with Crippen molar-refractivity contribution in [3.8, 4) is 0 Å². The van der Waals surface area contributed by atoms with Gasteiger partial charge < -0.3 is 10.1 Å². The maximum atomic E-state index is 12.7. The number of methoxy groups -OCH3 is 1. The van der Waals surface area contributed by atoms with Gasteiger partial charge in [-0.3, -0.25) is 9.69 Å². The molecule has 0 saturated carbocycles. The smallest absolute Gasteiger partial charge is 0.337 e. The third-order valence-electron chi connectivity index (χ3n) is 5.20. The van der Waals surface area contributed by atoms with Crippen LogP contribution in [0.1, 0.15) is 41.6 Å². The van der Waals surface area contributed by atoms with E-state index in [0.29, 0.717) is 17.2 Å². The highest BCUT2D eigenvalue weighted by Gasteiger charge is 2.28. The van der Waals surface area contributed by atoms with Crippen LogP contribution in [0.15, 0.2) is 54.6 Å². The lowest BCUT2D eigenvalue weighted by molar-refractivity contribution is -0.121. The summed E-state index contributed by atoms with van der Waals surface area (Å²) in [6.07, 6.45) is 2.23. The predicted molar refractivity (Wildman–Crippen MR) is 106 cm³/mol. The molecule has 0 bridgehead atoms. The van der Waals surface area contributed by atoms with Gasteiger partial charge in [-0.25, -0.2) is 4.79 Å². The normalized spacial score (nSPS) is 18.5. The molecule has 1 saturated heterocycles. The number of carbonyl (C=O) groups is 2. The minimum atomic E-state index is -0.416. The third kappa shape index (κ3) is 4.74. The van der Waals surface area contributed by atoms with Crippen LogP contribution >= 0.6 is 0 Å². The van der Waals surface area contributed by atoms with Gasteiger partial charge in [-0.05, 0) is 56.0 Å². The standard InChI is InChI=1S/C22H26N2O3/c1-16(21(25)23-20-12-6-10-18(14-20)22(26)27-2)24-13-7-11-19(15-24)17-8-4-3-5-9-17/h3-6,8-10,12,14,16,19H,7,11,13,15H2,1-2H3,(H,23,25). The lowest BCUT2D eigenvalue weighted by Gasteiger charge is -2.36. The number of likely N-dealkylation sites (tertiary alicyclic amines) is 1. The third-order valence-corrected chi connectivity index (χ3v) is 5.20. The number of hydrogen-bond donors (Lipinski definition) is 1. The molecule has 0 spiro atoms. The van der Waals surface area contributed by atoms with Crippen LogP contribution in [-0.4, -0.2) is 43.0 Å². The van der Waals surface area contributed by atoms with Gasteiger partial charge in [0, 0.05) is 12.2 Å². The second-order valence-electron chi connectivity index (χ2n) is 6.98. The van der Waals surface area contributed by atoms with Gasteiger partial charge in [-0.15, -0.1) is 0 Å². The van der Waals surface area contributed by atoms with Crippen LogP contribution in [0.5, 0.6) is 0 Å². The number of rotatable bonds is 5. The maximum Gasteiger partial charge on any atom is 0.337 e. The average Bonchev–Trinajstić information content (AvgIpc) is 2.73. The number of ether oxygens (including phenoxy) is 1. The SMILES string of the molecule is COC(=O)c1cccc(NC(=O)C(C)N2CCCC(c3ccccc3)C2)c1. The number of nitrogens with one attached hydrogen (secondary N) is 1. The number of piperidine rings is 1. The molecule has 1 amide bonds. The molecule has 27 heavy (non-hydrogen) atoms. The van der Waals surface area contributed by atoms with Gasteiger partial charge >= 0.3 is 5.97 Å². The van der Waals surface area contributed by atoms with Crippen molar-refractivity contribution in [1.82, 2.24) is 4.90 Å². The molecule has 2 aromatic carbocycles. The van der Waals surface area contributed by atoms with E-state index in [9.17, 15) is 9.59 Å². The number of esters is 1. The highest BCUT2D eigenvalue weighted by atomic mass is 16.5. The average molecular weight is 366 g/mol. The first-order valence-corrected chi connectivity index (χ1v) is 9.36. The van der Waals surface area contributed by atoms with Crippen LogP contribution in [0.3, 0.4) is 0 Å². The summed E-state index contributed by atoms with van der Waals surface area (Å²) in [7, 11) is 1.34. The molecule has 1 N–H and O–H groups in total. The van der Waals surface area contributed by atoms with E-state index in [1.54, 1.807) is 24.3 Å². The summed E-state index contributed by atoms with van der Waals surface area (Å²) in [5, 5.41) is 2.92. The van der Waals surface area contributed by atoms with Crippen molar-refractivity contribution < 1.29 is 14.3 Å². The minimum absolute atomic E-state index is 0.0641. The summed E-state index contributed by atoms with van der Waals surface area (Å²) in [6, 6.07) is 17.1. The fourth-order valence-corrected chi connectivity index (χ4v) is 3.61. The van der Waals surface area contributed by atoms with Gasteiger partial charge in [-0.2, -0.15) is 0 Å². The molecule has 1 aliphatic rings. The van der Waals surface area contributed by atoms with Crippen LogP contribution in [0.2, 0.25) is 0 Å². The van der Waals surface area contributed by atoms with Crippen molar-refractivity contribution in [1.29, 1.82) is 0 Å². The highest BCUT2D eigenvalue weighted by Crippen LogP contribution is 2.28. The van der Waals surface area contributed by atoms with E-state index in [1.807, 2.05) is 13.0 Å². The largest absolute Gasteiger partial charge is 0.465 e. The first-order valence-electron chi connectivity index (χ1n) is 9.36. The van der Waals surface area contributed by atoms with Crippen LogP contribution in [0.25, 0.3) is 0 Å². The molecule has 2 atom stereocenters. The van der Waals surface area contributed by atoms with Crippen molar-refractivity contribution in [3.63, 3.8) is 0 Å². The van der Waals surface area contributed by atoms with E-state index in [1.165, 1.54) is 12.7 Å².